The fourth-order valence-electron chi connectivity index (χ4n) is 2.04. The number of aryl methyl sites for hydroxylation is 1. The van der Waals surface area contributed by atoms with Crippen LogP contribution in [0.2, 0.25) is 0 Å². The number of nitrogens with one attached hydrogen (secondary N) is 1. The van der Waals surface area contributed by atoms with E-state index in [2.05, 4.69) is 10.5 Å². The summed E-state index contributed by atoms with van der Waals surface area (Å²) in [6.07, 6.45) is 1.58. The topological polar surface area (TPSA) is 59.9 Å². The second-order valence-corrected chi connectivity index (χ2v) is 4.63. The van der Waals surface area contributed by atoms with Crippen molar-refractivity contribution in [3.8, 4) is 11.5 Å². The first-order valence-corrected chi connectivity index (χ1v) is 6.76. The van der Waals surface area contributed by atoms with Gasteiger partial charge in [-0.3, -0.25) is 4.79 Å². The number of hydrogen-bond donors (Lipinski definition) is 1. The maximum absolute atomic E-state index is 12.1. The largest absolute Gasteiger partial charge is 0.496 e. The van der Waals surface area contributed by atoms with Crippen molar-refractivity contribution < 1.29 is 14.3 Å². The number of hydrogen-bond acceptors (Lipinski definition) is 4. The monoisotopic (exact) mass is 298 g/mol. The fraction of sp³-hybridized carbons (Fsp3) is 0.176. The van der Waals surface area contributed by atoms with Gasteiger partial charge >= 0.3 is 0 Å². The van der Waals surface area contributed by atoms with Crippen LogP contribution in [0.5, 0.6) is 11.5 Å². The van der Waals surface area contributed by atoms with Crippen molar-refractivity contribution >= 4 is 12.1 Å². The average Bonchev–Trinajstić information content (AvgIpc) is 2.55. The third-order valence-electron chi connectivity index (χ3n) is 3.15. The Morgan fingerprint density at radius 1 is 1.09 bits per heavy atom. The highest BCUT2D eigenvalue weighted by atomic mass is 16.5. The second kappa shape index (κ2) is 7.26. The standard InChI is InChI=1S/C17H18N2O3/c1-12-10-13(8-9-15(12)21-2)11-18-19-17(20)14-6-4-5-7-16(14)22-3/h4-11H,1-3H3,(H,19,20). The summed E-state index contributed by atoms with van der Waals surface area (Å²) in [5.74, 6) is 1.00. The van der Waals surface area contributed by atoms with E-state index in [1.807, 2.05) is 25.1 Å². The van der Waals surface area contributed by atoms with E-state index in [0.717, 1.165) is 16.9 Å². The molecule has 1 N–H and O–H groups in total. The molecule has 0 bridgehead atoms. The Labute approximate surface area is 129 Å². The quantitative estimate of drug-likeness (QED) is 0.682. The Kier molecular flexibility index (Phi) is 5.14. The number of para-hydroxylation sites is 1. The van der Waals surface area contributed by atoms with Crippen LogP contribution >= 0.6 is 0 Å². The summed E-state index contributed by atoms with van der Waals surface area (Å²) in [5, 5.41) is 3.97. The molecule has 2 aromatic carbocycles. The van der Waals surface area contributed by atoms with E-state index in [9.17, 15) is 4.79 Å². The summed E-state index contributed by atoms with van der Waals surface area (Å²) in [7, 11) is 3.15. The zero-order valence-electron chi connectivity index (χ0n) is 12.8. The van der Waals surface area contributed by atoms with Gasteiger partial charge in [-0.05, 0) is 48.4 Å². The molecule has 5 nitrogen and oxygen atoms in total. The lowest BCUT2D eigenvalue weighted by Crippen LogP contribution is -2.18. The van der Waals surface area contributed by atoms with Gasteiger partial charge in [0, 0.05) is 0 Å². The van der Waals surface area contributed by atoms with Crippen LogP contribution in [0, 0.1) is 6.92 Å². The maximum atomic E-state index is 12.1. The lowest BCUT2D eigenvalue weighted by atomic mass is 10.1. The van der Waals surface area contributed by atoms with E-state index in [0.29, 0.717) is 11.3 Å². The van der Waals surface area contributed by atoms with Crippen molar-refractivity contribution in [1.29, 1.82) is 0 Å². The first kappa shape index (κ1) is 15.6. The Balaban J connectivity index is 2.06. The molecule has 5 heteroatoms. The van der Waals surface area contributed by atoms with Crippen LogP contribution in [-0.4, -0.2) is 26.3 Å². The third kappa shape index (κ3) is 3.63. The molecule has 0 atom stereocenters. The normalized spacial score (nSPS) is 10.5. The summed E-state index contributed by atoms with van der Waals surface area (Å²) < 4.78 is 10.3. The molecule has 0 radical (unpaired) electrons. The number of carbonyl (C=O) groups is 1. The lowest BCUT2D eigenvalue weighted by Gasteiger charge is -2.06. The summed E-state index contributed by atoms with van der Waals surface area (Å²) >= 11 is 0. The number of methoxy groups -OCH3 is 2. The smallest absolute Gasteiger partial charge is 0.275 e. The molecule has 0 aromatic heterocycles. The first-order valence-electron chi connectivity index (χ1n) is 6.76. The molecular weight excluding hydrogens is 280 g/mol. The van der Waals surface area contributed by atoms with Gasteiger partial charge in [-0.2, -0.15) is 5.10 Å². The molecule has 0 saturated carbocycles. The molecule has 0 spiro atoms. The van der Waals surface area contributed by atoms with Crippen LogP contribution in [-0.2, 0) is 0 Å². The highest BCUT2D eigenvalue weighted by Crippen LogP contribution is 2.18. The number of nitrogens with zero attached hydrogens (tertiary/aromatic N) is 1. The number of rotatable bonds is 5. The SMILES string of the molecule is COc1ccc(C=NNC(=O)c2ccccc2OC)cc1C. The molecule has 0 aliphatic carbocycles. The van der Waals surface area contributed by atoms with Crippen molar-refractivity contribution in [2.75, 3.05) is 14.2 Å². The van der Waals surface area contributed by atoms with E-state index < -0.39 is 0 Å². The minimum absolute atomic E-state index is 0.320. The molecule has 0 saturated heterocycles. The summed E-state index contributed by atoms with van der Waals surface area (Å²) in [6, 6.07) is 12.6. The number of hydrazone groups is 1. The summed E-state index contributed by atoms with van der Waals surface area (Å²) in [4.78, 5) is 12.1. The van der Waals surface area contributed by atoms with Gasteiger partial charge in [-0.1, -0.05) is 12.1 Å². The van der Waals surface area contributed by atoms with Crippen LogP contribution in [0.25, 0.3) is 0 Å². The molecule has 2 rings (SSSR count). The molecule has 0 unspecified atom stereocenters. The van der Waals surface area contributed by atoms with Crippen molar-refractivity contribution in [1.82, 2.24) is 5.43 Å². The Bertz CT molecular complexity index is 696. The molecule has 2 aromatic rings. The van der Waals surface area contributed by atoms with Gasteiger partial charge in [0.05, 0.1) is 26.0 Å². The van der Waals surface area contributed by atoms with Gasteiger partial charge in [0.2, 0.25) is 0 Å². The molecule has 114 valence electrons. The second-order valence-electron chi connectivity index (χ2n) is 4.63. The van der Waals surface area contributed by atoms with E-state index in [4.69, 9.17) is 9.47 Å². The average molecular weight is 298 g/mol. The van der Waals surface area contributed by atoms with Gasteiger partial charge in [0.1, 0.15) is 11.5 Å². The van der Waals surface area contributed by atoms with Crippen molar-refractivity contribution in [3.63, 3.8) is 0 Å². The van der Waals surface area contributed by atoms with Crippen molar-refractivity contribution in [2.24, 2.45) is 5.10 Å². The highest BCUT2D eigenvalue weighted by Gasteiger charge is 2.09. The zero-order chi connectivity index (χ0) is 15.9. The van der Waals surface area contributed by atoms with Crippen LogP contribution in [0.3, 0.4) is 0 Å². The predicted molar refractivity (Wildman–Crippen MR) is 85.8 cm³/mol. The Morgan fingerprint density at radius 2 is 1.82 bits per heavy atom. The number of benzene rings is 2. The van der Waals surface area contributed by atoms with E-state index in [-0.39, 0.29) is 5.91 Å². The minimum Gasteiger partial charge on any atom is -0.496 e. The van der Waals surface area contributed by atoms with Crippen molar-refractivity contribution in [3.05, 3.63) is 59.2 Å². The maximum Gasteiger partial charge on any atom is 0.275 e. The van der Waals surface area contributed by atoms with E-state index >= 15 is 0 Å². The molecule has 0 aliphatic rings. The van der Waals surface area contributed by atoms with Crippen LogP contribution in [0.4, 0.5) is 0 Å². The molecular formula is C17H18N2O3. The summed E-state index contributed by atoms with van der Waals surface area (Å²) in [6.45, 7) is 1.95. The van der Waals surface area contributed by atoms with Crippen LogP contribution in [0.1, 0.15) is 21.5 Å². The number of carbonyl (C=O) groups excluding carboxylic acids is 1. The van der Waals surface area contributed by atoms with E-state index in [1.54, 1.807) is 37.6 Å². The molecule has 22 heavy (non-hydrogen) atoms. The Morgan fingerprint density at radius 3 is 2.50 bits per heavy atom. The van der Waals surface area contributed by atoms with Crippen LogP contribution in [0.15, 0.2) is 47.6 Å². The lowest BCUT2D eigenvalue weighted by molar-refractivity contribution is 0.0952. The fourth-order valence-corrected chi connectivity index (χ4v) is 2.04. The summed E-state index contributed by atoms with van der Waals surface area (Å²) in [5.41, 5.74) is 4.80. The van der Waals surface area contributed by atoms with Gasteiger partial charge in [0.15, 0.2) is 0 Å². The van der Waals surface area contributed by atoms with Gasteiger partial charge < -0.3 is 9.47 Å². The first-order chi connectivity index (χ1) is 10.7. The third-order valence-corrected chi connectivity index (χ3v) is 3.15. The number of ether oxygens (including phenoxy) is 2. The predicted octanol–water partition coefficient (Wildman–Crippen LogP) is 2.78. The molecule has 0 aliphatic heterocycles. The van der Waals surface area contributed by atoms with Crippen molar-refractivity contribution in [2.45, 2.75) is 6.92 Å². The minimum atomic E-state index is -0.320. The van der Waals surface area contributed by atoms with Gasteiger partial charge in [-0.15, -0.1) is 0 Å². The van der Waals surface area contributed by atoms with Gasteiger partial charge in [-0.25, -0.2) is 5.43 Å². The molecule has 0 fully saturated rings. The zero-order valence-corrected chi connectivity index (χ0v) is 12.8. The molecule has 0 heterocycles. The number of amides is 1. The molecule has 1 amide bonds. The Hall–Kier alpha value is -2.82. The van der Waals surface area contributed by atoms with Crippen LogP contribution < -0.4 is 14.9 Å². The highest BCUT2D eigenvalue weighted by molar-refractivity contribution is 5.97. The van der Waals surface area contributed by atoms with Gasteiger partial charge in [0.25, 0.3) is 5.91 Å². The van der Waals surface area contributed by atoms with E-state index in [1.165, 1.54) is 7.11 Å².